The van der Waals surface area contributed by atoms with Gasteiger partial charge in [0.2, 0.25) is 5.91 Å². The van der Waals surface area contributed by atoms with Gasteiger partial charge in [0, 0.05) is 32.7 Å². The number of hydrogen-bond acceptors (Lipinski definition) is 5. The van der Waals surface area contributed by atoms with Crippen molar-refractivity contribution in [1.82, 2.24) is 24.1 Å². The highest BCUT2D eigenvalue weighted by atomic mass is 16.5. The van der Waals surface area contributed by atoms with E-state index in [2.05, 4.69) is 23.8 Å². The van der Waals surface area contributed by atoms with Crippen molar-refractivity contribution in [3.63, 3.8) is 0 Å². The lowest BCUT2D eigenvalue weighted by Crippen LogP contribution is -2.49. The minimum absolute atomic E-state index is 0.0675. The number of ether oxygens (including phenoxy) is 1. The lowest BCUT2D eigenvalue weighted by atomic mass is 10.0. The zero-order valence-corrected chi connectivity index (χ0v) is 17.2. The Morgan fingerprint density at radius 2 is 1.86 bits per heavy atom. The number of morpholine rings is 1. The van der Waals surface area contributed by atoms with Crippen LogP contribution in [0.2, 0.25) is 0 Å². The first-order valence-electron chi connectivity index (χ1n) is 10.4. The molecule has 1 unspecified atom stereocenters. The van der Waals surface area contributed by atoms with Gasteiger partial charge in [-0.05, 0) is 11.5 Å². The van der Waals surface area contributed by atoms with Gasteiger partial charge in [-0.3, -0.25) is 14.3 Å². The van der Waals surface area contributed by atoms with Gasteiger partial charge in [-0.25, -0.2) is 9.48 Å². The van der Waals surface area contributed by atoms with E-state index in [4.69, 9.17) is 4.74 Å². The molecule has 1 saturated heterocycles. The molecule has 2 aliphatic heterocycles. The van der Waals surface area contributed by atoms with Crippen LogP contribution in [0, 0.1) is 5.92 Å². The number of aromatic nitrogens is 3. The molecule has 1 atom stereocenters. The molecule has 0 spiro atoms. The second kappa shape index (κ2) is 8.51. The average Bonchev–Trinajstić information content (AvgIpc) is 3.03. The fraction of sp³-hybridized carbons (Fsp3) is 0.571. The van der Waals surface area contributed by atoms with Gasteiger partial charge in [-0.1, -0.05) is 44.2 Å². The van der Waals surface area contributed by atoms with E-state index in [9.17, 15) is 9.59 Å². The molecular weight excluding hydrogens is 370 g/mol. The van der Waals surface area contributed by atoms with E-state index >= 15 is 0 Å². The molecule has 1 aromatic carbocycles. The summed E-state index contributed by atoms with van der Waals surface area (Å²) < 4.78 is 8.68. The van der Waals surface area contributed by atoms with Crippen LogP contribution in [0.3, 0.4) is 0 Å². The Morgan fingerprint density at radius 1 is 1.14 bits per heavy atom. The van der Waals surface area contributed by atoms with Crippen molar-refractivity contribution in [2.45, 2.75) is 33.0 Å². The highest BCUT2D eigenvalue weighted by Gasteiger charge is 2.36. The SMILES string of the molecule is CC(C)Cn1nc2n(c1=O)CCN(C(=O)CN1CCOCC1)C2c1ccccc1. The van der Waals surface area contributed by atoms with Crippen molar-refractivity contribution in [2.24, 2.45) is 5.92 Å². The molecule has 1 fully saturated rings. The summed E-state index contributed by atoms with van der Waals surface area (Å²) in [5.41, 5.74) is 0.889. The van der Waals surface area contributed by atoms with Gasteiger partial charge in [-0.15, -0.1) is 0 Å². The van der Waals surface area contributed by atoms with Crippen LogP contribution in [0.5, 0.6) is 0 Å². The molecule has 4 rings (SSSR count). The van der Waals surface area contributed by atoms with Crippen molar-refractivity contribution >= 4 is 5.91 Å². The van der Waals surface area contributed by atoms with Gasteiger partial charge in [0.05, 0.1) is 19.8 Å². The number of hydrogen-bond donors (Lipinski definition) is 0. The first kappa shape index (κ1) is 19.8. The van der Waals surface area contributed by atoms with E-state index in [-0.39, 0.29) is 17.6 Å². The van der Waals surface area contributed by atoms with Crippen LogP contribution in [0.15, 0.2) is 35.1 Å². The molecule has 29 heavy (non-hydrogen) atoms. The molecule has 8 nitrogen and oxygen atoms in total. The number of nitrogens with zero attached hydrogens (tertiary/aromatic N) is 5. The topological polar surface area (TPSA) is 72.6 Å². The van der Waals surface area contributed by atoms with Crippen LogP contribution in [-0.4, -0.2) is 69.4 Å². The Morgan fingerprint density at radius 3 is 2.55 bits per heavy atom. The third-order valence-electron chi connectivity index (χ3n) is 5.51. The van der Waals surface area contributed by atoms with E-state index < -0.39 is 0 Å². The molecular formula is C21H29N5O3. The van der Waals surface area contributed by atoms with Crippen molar-refractivity contribution in [1.29, 1.82) is 0 Å². The van der Waals surface area contributed by atoms with E-state index in [0.717, 1.165) is 18.7 Å². The van der Waals surface area contributed by atoms with Crippen LogP contribution in [-0.2, 0) is 22.6 Å². The summed E-state index contributed by atoms with van der Waals surface area (Å²) in [6.45, 7) is 8.91. The molecule has 0 radical (unpaired) electrons. The predicted molar refractivity (Wildman–Crippen MR) is 109 cm³/mol. The summed E-state index contributed by atoms with van der Waals surface area (Å²) >= 11 is 0. The van der Waals surface area contributed by atoms with Gasteiger partial charge in [0.25, 0.3) is 0 Å². The average molecular weight is 399 g/mol. The Kier molecular flexibility index (Phi) is 5.82. The lowest BCUT2D eigenvalue weighted by Gasteiger charge is -2.37. The molecule has 1 aromatic heterocycles. The van der Waals surface area contributed by atoms with Crippen molar-refractivity contribution in [2.75, 3.05) is 39.4 Å². The van der Waals surface area contributed by atoms with Crippen LogP contribution in [0.25, 0.3) is 0 Å². The van der Waals surface area contributed by atoms with Crippen molar-refractivity contribution < 1.29 is 9.53 Å². The number of carbonyl (C=O) groups excluding carboxylic acids is 1. The second-order valence-electron chi connectivity index (χ2n) is 8.16. The second-order valence-corrected chi connectivity index (χ2v) is 8.16. The Balaban J connectivity index is 1.67. The van der Waals surface area contributed by atoms with Gasteiger partial charge >= 0.3 is 5.69 Å². The summed E-state index contributed by atoms with van der Waals surface area (Å²) in [5, 5.41) is 4.67. The third-order valence-corrected chi connectivity index (χ3v) is 5.51. The fourth-order valence-corrected chi connectivity index (χ4v) is 4.09. The number of fused-ring (bicyclic) bond motifs is 1. The minimum Gasteiger partial charge on any atom is -0.379 e. The highest BCUT2D eigenvalue weighted by molar-refractivity contribution is 5.79. The Labute approximate surface area is 170 Å². The van der Waals surface area contributed by atoms with E-state index in [1.165, 1.54) is 0 Å². The molecule has 0 N–H and O–H groups in total. The van der Waals surface area contributed by atoms with Crippen molar-refractivity contribution in [3.8, 4) is 0 Å². The van der Waals surface area contributed by atoms with Crippen molar-refractivity contribution in [3.05, 3.63) is 52.2 Å². The van der Waals surface area contributed by atoms with Gasteiger partial charge in [-0.2, -0.15) is 5.10 Å². The first-order valence-corrected chi connectivity index (χ1v) is 10.4. The van der Waals surface area contributed by atoms with Crippen LogP contribution < -0.4 is 5.69 Å². The van der Waals surface area contributed by atoms with E-state index in [1.807, 2.05) is 35.2 Å². The number of rotatable bonds is 5. The smallest absolute Gasteiger partial charge is 0.346 e. The standard InChI is InChI=1S/C21H29N5O3/c1-16(2)14-26-21(28)25-9-8-24(18(27)15-23-10-12-29-13-11-23)19(20(25)22-26)17-6-4-3-5-7-17/h3-7,16,19H,8-15H2,1-2H3. The first-order chi connectivity index (χ1) is 14.0. The Bertz CT molecular complexity index is 899. The summed E-state index contributed by atoms with van der Waals surface area (Å²) in [5.74, 6) is 1.04. The number of benzene rings is 1. The summed E-state index contributed by atoms with van der Waals surface area (Å²) in [6.07, 6.45) is 0. The maximum atomic E-state index is 13.3. The molecule has 0 aliphatic carbocycles. The summed E-state index contributed by atoms with van der Waals surface area (Å²) in [7, 11) is 0. The minimum atomic E-state index is -0.348. The molecule has 156 valence electrons. The van der Waals surface area contributed by atoms with Gasteiger partial charge in [0.15, 0.2) is 5.82 Å². The molecule has 8 heteroatoms. The van der Waals surface area contributed by atoms with E-state index in [0.29, 0.717) is 51.1 Å². The molecule has 2 aromatic rings. The van der Waals surface area contributed by atoms with E-state index in [1.54, 1.807) is 9.25 Å². The zero-order valence-electron chi connectivity index (χ0n) is 17.2. The van der Waals surface area contributed by atoms with Crippen LogP contribution in [0.4, 0.5) is 0 Å². The molecule has 1 amide bonds. The quantitative estimate of drug-likeness (QED) is 0.749. The van der Waals surface area contributed by atoms with Gasteiger partial charge in [0.1, 0.15) is 6.04 Å². The molecule has 0 saturated carbocycles. The molecule has 2 aliphatic rings. The van der Waals surface area contributed by atoms with Gasteiger partial charge < -0.3 is 9.64 Å². The monoisotopic (exact) mass is 399 g/mol. The lowest BCUT2D eigenvalue weighted by molar-refractivity contribution is -0.136. The number of carbonyl (C=O) groups is 1. The predicted octanol–water partition coefficient (Wildman–Crippen LogP) is 0.965. The fourth-order valence-electron chi connectivity index (χ4n) is 4.09. The summed E-state index contributed by atoms with van der Waals surface area (Å²) in [6, 6.07) is 9.53. The maximum Gasteiger partial charge on any atom is 0.346 e. The highest BCUT2D eigenvalue weighted by Crippen LogP contribution is 2.30. The molecule has 0 bridgehead atoms. The largest absolute Gasteiger partial charge is 0.379 e. The third kappa shape index (κ3) is 4.13. The number of amides is 1. The van der Waals surface area contributed by atoms with Crippen LogP contribution >= 0.6 is 0 Å². The Hall–Kier alpha value is -2.45. The zero-order chi connectivity index (χ0) is 20.4. The maximum absolute atomic E-state index is 13.3. The normalized spacial score (nSPS) is 20.1. The van der Waals surface area contributed by atoms with Crippen LogP contribution in [0.1, 0.15) is 31.3 Å². The molecule has 3 heterocycles. The summed E-state index contributed by atoms with van der Waals surface area (Å²) in [4.78, 5) is 30.1.